The summed E-state index contributed by atoms with van der Waals surface area (Å²) < 4.78 is 17.2. The SMILES string of the molecule is CCCCCCOc1ccc(-c2ccc(C3C(C)CCCC3(C#N)C(=O)O)cc2)cc1.CCCCCOc1ccc(-c2ccc(OC(=O)C3(C#N)CCCC(C)C3)cc2)cc1. The molecule has 1 N–H and O–H groups in total. The summed E-state index contributed by atoms with van der Waals surface area (Å²) in [6, 6.07) is 36.0. The normalized spacial score (nSPS) is 22.0. The Morgan fingerprint density at radius 3 is 1.59 bits per heavy atom. The van der Waals surface area contributed by atoms with Gasteiger partial charge in [-0.2, -0.15) is 10.5 Å². The van der Waals surface area contributed by atoms with Gasteiger partial charge in [0.25, 0.3) is 0 Å². The molecule has 4 aromatic carbocycles. The van der Waals surface area contributed by atoms with Gasteiger partial charge in [0.1, 0.15) is 17.2 Å². The zero-order chi connectivity index (χ0) is 43.7. The van der Waals surface area contributed by atoms with E-state index in [2.05, 4.69) is 52.0 Å². The number of carbonyl (C=O) groups is 2. The number of carboxylic acids is 1. The number of unbranched alkanes of at least 4 members (excludes halogenated alkanes) is 5. The van der Waals surface area contributed by atoms with Gasteiger partial charge in [-0.3, -0.25) is 4.79 Å². The number of carbonyl (C=O) groups excluding carboxylic acids is 1. The molecule has 61 heavy (non-hydrogen) atoms. The molecule has 6 rings (SSSR count). The highest BCUT2D eigenvalue weighted by Crippen LogP contribution is 2.50. The lowest BCUT2D eigenvalue weighted by Crippen LogP contribution is -2.42. The zero-order valence-corrected chi connectivity index (χ0v) is 36.7. The van der Waals surface area contributed by atoms with Crippen molar-refractivity contribution in [2.24, 2.45) is 22.7 Å². The first-order chi connectivity index (χ1) is 29.6. The van der Waals surface area contributed by atoms with Crippen molar-refractivity contribution in [3.05, 3.63) is 103 Å². The Kier molecular flexibility index (Phi) is 17.4. The molecular formula is C53H64N2O6. The van der Waals surface area contributed by atoms with Crippen molar-refractivity contribution in [3.8, 4) is 51.6 Å². The third-order valence-corrected chi connectivity index (χ3v) is 12.5. The standard InChI is InChI=1S/C27H33NO3.C26H31NO3/c1-3-4-5-6-18-31-24-15-13-22(14-16-24)21-9-11-23(12-10-21)25-20(2)8-7-17-27(25,19-28)26(29)30;1-3-4-5-17-29-23-12-8-21(9-13-23)22-10-14-24(15-11-22)30-25(28)26(19-27)16-6-7-20(2)18-26/h9-16,20,25H,3-8,17-18H2,1-2H3,(H,29,30);8-15,20H,3-7,16-18H2,1-2H3. The number of carboxylic acid groups (broad SMARTS) is 1. The van der Waals surface area contributed by atoms with E-state index in [-0.39, 0.29) is 11.8 Å². The van der Waals surface area contributed by atoms with Gasteiger partial charge in [-0.15, -0.1) is 0 Å². The molecule has 0 spiro atoms. The quantitative estimate of drug-likeness (QED) is 0.0633. The van der Waals surface area contributed by atoms with Crippen molar-refractivity contribution in [1.82, 2.24) is 0 Å². The van der Waals surface area contributed by atoms with Crippen LogP contribution in [0.2, 0.25) is 0 Å². The highest BCUT2D eigenvalue weighted by molar-refractivity contribution is 5.82. The molecule has 0 aliphatic heterocycles. The fourth-order valence-corrected chi connectivity index (χ4v) is 8.97. The number of rotatable bonds is 17. The maximum absolute atomic E-state index is 12.7. The van der Waals surface area contributed by atoms with Gasteiger partial charge in [-0.25, -0.2) is 4.79 Å². The second kappa shape index (κ2) is 22.8. The first-order valence-electron chi connectivity index (χ1n) is 22.5. The zero-order valence-electron chi connectivity index (χ0n) is 36.7. The van der Waals surface area contributed by atoms with Crippen molar-refractivity contribution < 1.29 is 28.9 Å². The van der Waals surface area contributed by atoms with Crippen molar-refractivity contribution in [1.29, 1.82) is 10.5 Å². The molecule has 0 aromatic heterocycles. The van der Waals surface area contributed by atoms with Gasteiger partial charge in [-0.1, -0.05) is 140 Å². The molecule has 2 aliphatic rings. The minimum absolute atomic E-state index is 0.157. The van der Waals surface area contributed by atoms with Crippen LogP contribution in [0.5, 0.6) is 17.2 Å². The van der Waals surface area contributed by atoms with Crippen LogP contribution in [0, 0.1) is 45.3 Å². The number of esters is 1. The van der Waals surface area contributed by atoms with Gasteiger partial charge in [-0.05, 0) is 115 Å². The molecule has 2 aliphatic carbocycles. The smallest absolute Gasteiger partial charge is 0.331 e. The van der Waals surface area contributed by atoms with Crippen LogP contribution in [0.15, 0.2) is 97.1 Å². The molecule has 2 fully saturated rings. The summed E-state index contributed by atoms with van der Waals surface area (Å²) in [5.41, 5.74) is 2.85. The molecule has 4 aromatic rings. The highest BCUT2D eigenvalue weighted by atomic mass is 16.5. The molecule has 5 unspecified atom stereocenters. The van der Waals surface area contributed by atoms with Gasteiger partial charge < -0.3 is 19.3 Å². The van der Waals surface area contributed by atoms with Crippen LogP contribution in [0.3, 0.4) is 0 Å². The van der Waals surface area contributed by atoms with E-state index >= 15 is 0 Å². The number of hydrogen-bond acceptors (Lipinski definition) is 7. The van der Waals surface area contributed by atoms with E-state index in [9.17, 15) is 25.2 Å². The minimum Gasteiger partial charge on any atom is -0.494 e. The third kappa shape index (κ3) is 12.3. The third-order valence-electron chi connectivity index (χ3n) is 12.5. The van der Waals surface area contributed by atoms with Crippen LogP contribution >= 0.6 is 0 Å². The van der Waals surface area contributed by atoms with E-state index in [0.29, 0.717) is 30.9 Å². The maximum Gasteiger partial charge on any atom is 0.331 e. The Morgan fingerprint density at radius 1 is 0.639 bits per heavy atom. The molecule has 0 radical (unpaired) electrons. The lowest BCUT2D eigenvalue weighted by atomic mass is 9.60. The van der Waals surface area contributed by atoms with Crippen LogP contribution in [0.4, 0.5) is 0 Å². The largest absolute Gasteiger partial charge is 0.494 e. The average molecular weight is 825 g/mol. The van der Waals surface area contributed by atoms with Gasteiger partial charge in [0, 0.05) is 5.92 Å². The van der Waals surface area contributed by atoms with Gasteiger partial charge >= 0.3 is 11.9 Å². The fraction of sp³-hybridized carbons (Fsp3) is 0.472. The Balaban J connectivity index is 0.000000231. The number of nitrogens with zero attached hydrogens (tertiary/aromatic N) is 2. The highest BCUT2D eigenvalue weighted by Gasteiger charge is 2.51. The molecular weight excluding hydrogens is 761 g/mol. The average Bonchev–Trinajstić information content (AvgIpc) is 3.28. The monoisotopic (exact) mass is 824 g/mol. The first-order valence-corrected chi connectivity index (χ1v) is 22.5. The molecule has 5 atom stereocenters. The number of nitriles is 2. The Bertz CT molecular complexity index is 2070. The topological polar surface area (TPSA) is 130 Å². The summed E-state index contributed by atoms with van der Waals surface area (Å²) in [4.78, 5) is 24.8. The van der Waals surface area contributed by atoms with E-state index in [1.54, 1.807) is 12.1 Å². The first kappa shape index (κ1) is 46.5. The Morgan fingerprint density at radius 2 is 1.11 bits per heavy atom. The lowest BCUT2D eigenvalue weighted by molar-refractivity contribution is -0.149. The number of ether oxygens (including phenoxy) is 3. The maximum atomic E-state index is 12.7. The van der Waals surface area contributed by atoms with Crippen LogP contribution in [-0.2, 0) is 9.59 Å². The molecule has 0 saturated heterocycles. The molecule has 0 bridgehead atoms. The predicted octanol–water partition coefficient (Wildman–Crippen LogP) is 13.4. The molecule has 0 amide bonds. The molecule has 0 heterocycles. The van der Waals surface area contributed by atoms with Crippen LogP contribution in [-0.4, -0.2) is 30.3 Å². The van der Waals surface area contributed by atoms with Crippen molar-refractivity contribution in [3.63, 3.8) is 0 Å². The van der Waals surface area contributed by atoms with Crippen molar-refractivity contribution in [2.75, 3.05) is 13.2 Å². The van der Waals surface area contributed by atoms with Crippen molar-refractivity contribution in [2.45, 2.75) is 124 Å². The van der Waals surface area contributed by atoms with E-state index in [1.165, 1.54) is 32.1 Å². The van der Waals surface area contributed by atoms with Crippen LogP contribution in [0.1, 0.15) is 129 Å². The van der Waals surface area contributed by atoms with E-state index in [4.69, 9.17) is 14.2 Å². The summed E-state index contributed by atoms with van der Waals surface area (Å²) in [6.45, 7) is 10.0. The number of hydrogen-bond donors (Lipinski definition) is 1. The molecule has 8 heteroatoms. The Labute approximate surface area is 363 Å². The predicted molar refractivity (Wildman–Crippen MR) is 241 cm³/mol. The second-order valence-electron chi connectivity index (χ2n) is 17.2. The fourth-order valence-electron chi connectivity index (χ4n) is 8.97. The summed E-state index contributed by atoms with van der Waals surface area (Å²) in [5.74, 6) is 1.05. The van der Waals surface area contributed by atoms with Gasteiger partial charge in [0.05, 0.1) is 25.4 Å². The lowest BCUT2D eigenvalue weighted by Gasteiger charge is -2.40. The Hall–Kier alpha value is -5.60. The summed E-state index contributed by atoms with van der Waals surface area (Å²) in [5, 5.41) is 29.3. The van der Waals surface area contributed by atoms with Gasteiger partial charge in [0.2, 0.25) is 0 Å². The number of benzene rings is 4. The summed E-state index contributed by atoms with van der Waals surface area (Å²) >= 11 is 0. The van der Waals surface area contributed by atoms with Crippen molar-refractivity contribution >= 4 is 11.9 Å². The van der Waals surface area contributed by atoms with E-state index in [0.717, 1.165) is 91.1 Å². The van der Waals surface area contributed by atoms with Gasteiger partial charge in [0.15, 0.2) is 10.8 Å². The van der Waals surface area contributed by atoms with E-state index < -0.39 is 22.8 Å². The second-order valence-corrected chi connectivity index (χ2v) is 17.2. The number of aliphatic carboxylic acids is 1. The summed E-state index contributed by atoms with van der Waals surface area (Å²) in [7, 11) is 0. The van der Waals surface area contributed by atoms with Crippen LogP contribution < -0.4 is 14.2 Å². The molecule has 8 nitrogen and oxygen atoms in total. The molecule has 322 valence electrons. The minimum atomic E-state index is -1.34. The van der Waals surface area contributed by atoms with Crippen LogP contribution in [0.25, 0.3) is 22.3 Å². The summed E-state index contributed by atoms with van der Waals surface area (Å²) in [6.07, 6.45) is 13.5. The molecule has 2 saturated carbocycles. The van der Waals surface area contributed by atoms with E-state index in [1.807, 2.05) is 72.8 Å².